The molecule has 152 valence electrons. The van der Waals surface area contributed by atoms with Crippen molar-refractivity contribution >= 4 is 39.1 Å². The Bertz CT molecular complexity index is 905. The van der Waals surface area contributed by atoms with Gasteiger partial charge in [0, 0.05) is 48.4 Å². The first-order valence-electron chi connectivity index (χ1n) is 9.84. The molecule has 0 bridgehead atoms. The predicted octanol–water partition coefficient (Wildman–Crippen LogP) is 3.58. The van der Waals surface area contributed by atoms with E-state index in [0.717, 1.165) is 35.4 Å². The highest BCUT2D eigenvalue weighted by atomic mass is 79.9. The van der Waals surface area contributed by atoms with Gasteiger partial charge in [0.25, 0.3) is 0 Å². The van der Waals surface area contributed by atoms with E-state index in [9.17, 15) is 14.0 Å². The number of amides is 2. The van der Waals surface area contributed by atoms with Crippen molar-refractivity contribution in [3.63, 3.8) is 0 Å². The van der Waals surface area contributed by atoms with Gasteiger partial charge in [-0.3, -0.25) is 9.59 Å². The lowest BCUT2D eigenvalue weighted by Crippen LogP contribution is -2.36. The second-order valence-electron chi connectivity index (χ2n) is 7.71. The van der Waals surface area contributed by atoms with Gasteiger partial charge >= 0.3 is 0 Å². The van der Waals surface area contributed by atoms with Crippen molar-refractivity contribution in [2.75, 3.05) is 36.0 Å². The molecule has 7 heteroatoms. The number of anilines is 2. The zero-order valence-corrected chi connectivity index (χ0v) is 17.6. The van der Waals surface area contributed by atoms with Gasteiger partial charge in [-0.2, -0.15) is 0 Å². The monoisotopic (exact) mass is 459 g/mol. The smallest absolute Gasteiger partial charge is 0.227 e. The molecule has 2 aliphatic heterocycles. The van der Waals surface area contributed by atoms with Crippen LogP contribution in [0, 0.1) is 17.7 Å². The summed E-state index contributed by atoms with van der Waals surface area (Å²) in [6.45, 7) is 2.73. The standard InChI is InChI=1S/C22H23BrFN3O2/c23-17-2-1-3-20(11-17)27-14-16(10-21(27)28)22(29)25-12-15-8-9-26(13-15)19-6-4-18(24)5-7-19/h1-7,11,15-16H,8-10,12-14H2,(H,25,29)/t15-,16-/m1/s1. The minimum atomic E-state index is -0.323. The maximum absolute atomic E-state index is 13.1. The molecule has 2 amide bonds. The Morgan fingerprint density at radius 2 is 1.93 bits per heavy atom. The van der Waals surface area contributed by atoms with Crippen LogP contribution in [-0.2, 0) is 9.59 Å². The van der Waals surface area contributed by atoms with E-state index in [1.165, 1.54) is 12.1 Å². The van der Waals surface area contributed by atoms with Crippen molar-refractivity contribution < 1.29 is 14.0 Å². The number of halogens is 2. The Balaban J connectivity index is 1.28. The summed E-state index contributed by atoms with van der Waals surface area (Å²) in [5.74, 6) is -0.291. The van der Waals surface area contributed by atoms with E-state index >= 15 is 0 Å². The topological polar surface area (TPSA) is 52.7 Å². The number of rotatable bonds is 5. The van der Waals surface area contributed by atoms with Crippen molar-refractivity contribution in [1.29, 1.82) is 0 Å². The van der Waals surface area contributed by atoms with E-state index < -0.39 is 0 Å². The first-order chi connectivity index (χ1) is 14.0. The molecule has 0 saturated carbocycles. The van der Waals surface area contributed by atoms with E-state index in [4.69, 9.17) is 0 Å². The number of carbonyl (C=O) groups excluding carboxylic acids is 2. The molecule has 2 aliphatic rings. The molecule has 0 unspecified atom stereocenters. The maximum Gasteiger partial charge on any atom is 0.227 e. The molecule has 29 heavy (non-hydrogen) atoms. The van der Waals surface area contributed by atoms with Gasteiger partial charge in [-0.15, -0.1) is 0 Å². The lowest BCUT2D eigenvalue weighted by atomic mass is 10.1. The quantitative estimate of drug-likeness (QED) is 0.743. The highest BCUT2D eigenvalue weighted by molar-refractivity contribution is 9.10. The Labute approximate surface area is 178 Å². The van der Waals surface area contributed by atoms with Crippen LogP contribution in [0.5, 0.6) is 0 Å². The zero-order valence-electron chi connectivity index (χ0n) is 16.0. The summed E-state index contributed by atoms with van der Waals surface area (Å²) in [7, 11) is 0. The van der Waals surface area contributed by atoms with Gasteiger partial charge in [-0.05, 0) is 54.8 Å². The molecule has 2 atom stereocenters. The SMILES string of the molecule is O=C(NC[C@H]1CCN(c2ccc(F)cc2)C1)[C@@H]1CC(=O)N(c2cccc(Br)c2)C1. The fourth-order valence-electron chi connectivity index (χ4n) is 4.05. The van der Waals surface area contributed by atoms with Crippen molar-refractivity contribution in [2.24, 2.45) is 11.8 Å². The lowest BCUT2D eigenvalue weighted by Gasteiger charge is -2.19. The van der Waals surface area contributed by atoms with Crippen LogP contribution < -0.4 is 15.1 Å². The average Bonchev–Trinajstić information content (AvgIpc) is 3.33. The first kappa shape index (κ1) is 19.9. The fraction of sp³-hybridized carbons (Fsp3) is 0.364. The summed E-state index contributed by atoms with van der Waals surface area (Å²) in [4.78, 5) is 28.9. The van der Waals surface area contributed by atoms with Crippen LogP contribution in [0.4, 0.5) is 15.8 Å². The third-order valence-electron chi connectivity index (χ3n) is 5.66. The first-order valence-corrected chi connectivity index (χ1v) is 10.6. The predicted molar refractivity (Wildman–Crippen MR) is 114 cm³/mol. The molecule has 1 N–H and O–H groups in total. The molecule has 4 rings (SSSR count). The largest absolute Gasteiger partial charge is 0.371 e. The van der Waals surface area contributed by atoms with Crippen LogP contribution in [0.25, 0.3) is 0 Å². The molecule has 0 radical (unpaired) electrons. The summed E-state index contributed by atoms with van der Waals surface area (Å²) in [6, 6.07) is 14.1. The van der Waals surface area contributed by atoms with Crippen LogP contribution in [-0.4, -0.2) is 38.0 Å². The van der Waals surface area contributed by atoms with Gasteiger partial charge in [0.05, 0.1) is 5.92 Å². The van der Waals surface area contributed by atoms with Gasteiger partial charge in [0.2, 0.25) is 11.8 Å². The zero-order chi connectivity index (χ0) is 20.4. The van der Waals surface area contributed by atoms with Crippen LogP contribution in [0.3, 0.4) is 0 Å². The second kappa shape index (κ2) is 8.53. The number of benzene rings is 2. The van der Waals surface area contributed by atoms with E-state index in [1.54, 1.807) is 17.0 Å². The molecule has 2 saturated heterocycles. The Hall–Kier alpha value is -2.41. The van der Waals surface area contributed by atoms with Gasteiger partial charge in [0.15, 0.2) is 0 Å². The number of hydrogen-bond donors (Lipinski definition) is 1. The van der Waals surface area contributed by atoms with Gasteiger partial charge in [0.1, 0.15) is 5.82 Å². The molecule has 0 aliphatic carbocycles. The molecular formula is C22H23BrFN3O2. The van der Waals surface area contributed by atoms with Gasteiger partial charge in [-0.25, -0.2) is 4.39 Å². The van der Waals surface area contributed by atoms with Crippen molar-refractivity contribution in [3.05, 3.63) is 58.8 Å². The van der Waals surface area contributed by atoms with Crippen LogP contribution in [0.2, 0.25) is 0 Å². The van der Waals surface area contributed by atoms with E-state index in [0.29, 0.717) is 19.0 Å². The Morgan fingerprint density at radius 3 is 2.69 bits per heavy atom. The lowest BCUT2D eigenvalue weighted by molar-refractivity contribution is -0.126. The molecule has 2 fully saturated rings. The fourth-order valence-corrected chi connectivity index (χ4v) is 4.44. The van der Waals surface area contributed by atoms with Gasteiger partial charge in [-0.1, -0.05) is 22.0 Å². The average molecular weight is 460 g/mol. The van der Waals surface area contributed by atoms with Crippen LogP contribution in [0.1, 0.15) is 12.8 Å². The van der Waals surface area contributed by atoms with Crippen LogP contribution in [0.15, 0.2) is 53.0 Å². The van der Waals surface area contributed by atoms with E-state index in [-0.39, 0.29) is 30.0 Å². The molecule has 2 aromatic rings. The highest BCUT2D eigenvalue weighted by Crippen LogP contribution is 2.28. The number of nitrogens with zero attached hydrogens (tertiary/aromatic N) is 2. The minimum absolute atomic E-state index is 0.0217. The number of nitrogens with one attached hydrogen (secondary N) is 1. The van der Waals surface area contributed by atoms with Crippen LogP contribution >= 0.6 is 15.9 Å². The summed E-state index contributed by atoms with van der Waals surface area (Å²) in [6.07, 6.45) is 1.22. The summed E-state index contributed by atoms with van der Waals surface area (Å²) in [5, 5.41) is 3.04. The number of hydrogen-bond acceptors (Lipinski definition) is 3. The van der Waals surface area contributed by atoms with Gasteiger partial charge < -0.3 is 15.1 Å². The molecular weight excluding hydrogens is 437 g/mol. The Kier molecular flexibility index (Phi) is 5.85. The van der Waals surface area contributed by atoms with Crippen molar-refractivity contribution in [2.45, 2.75) is 12.8 Å². The third kappa shape index (κ3) is 4.61. The molecule has 0 aromatic heterocycles. The second-order valence-corrected chi connectivity index (χ2v) is 8.62. The summed E-state index contributed by atoms with van der Waals surface area (Å²) in [5.41, 5.74) is 1.82. The third-order valence-corrected chi connectivity index (χ3v) is 6.15. The van der Waals surface area contributed by atoms with Crippen molar-refractivity contribution in [3.8, 4) is 0 Å². The highest BCUT2D eigenvalue weighted by Gasteiger charge is 2.35. The number of carbonyl (C=O) groups is 2. The molecule has 2 heterocycles. The summed E-state index contributed by atoms with van der Waals surface area (Å²) < 4.78 is 14.0. The molecule has 0 spiro atoms. The van der Waals surface area contributed by atoms with E-state index in [1.807, 2.05) is 24.3 Å². The van der Waals surface area contributed by atoms with E-state index in [2.05, 4.69) is 26.1 Å². The normalized spacial score (nSPS) is 21.7. The Morgan fingerprint density at radius 1 is 1.14 bits per heavy atom. The molecule has 5 nitrogen and oxygen atoms in total. The molecule has 2 aromatic carbocycles. The summed E-state index contributed by atoms with van der Waals surface area (Å²) >= 11 is 3.42. The maximum atomic E-state index is 13.1. The van der Waals surface area contributed by atoms with Crippen molar-refractivity contribution in [1.82, 2.24) is 5.32 Å². The minimum Gasteiger partial charge on any atom is -0.371 e.